The minimum absolute atomic E-state index is 0.0709. The van der Waals surface area contributed by atoms with E-state index in [9.17, 15) is 14.4 Å². The van der Waals surface area contributed by atoms with Crippen molar-refractivity contribution in [3.8, 4) is 0 Å². The predicted molar refractivity (Wildman–Crippen MR) is 134 cm³/mol. The lowest BCUT2D eigenvalue weighted by Gasteiger charge is -2.23. The quantitative estimate of drug-likeness (QED) is 0.277. The van der Waals surface area contributed by atoms with Crippen molar-refractivity contribution in [2.24, 2.45) is 0 Å². The molecule has 31 heavy (non-hydrogen) atoms. The van der Waals surface area contributed by atoms with E-state index in [-0.39, 0.29) is 24.5 Å². The molecule has 0 radical (unpaired) electrons. The summed E-state index contributed by atoms with van der Waals surface area (Å²) in [5.74, 6) is -0.812. The van der Waals surface area contributed by atoms with E-state index in [1.54, 1.807) is 21.9 Å². The van der Waals surface area contributed by atoms with E-state index < -0.39 is 5.97 Å². The third-order valence-electron chi connectivity index (χ3n) is 4.45. The first-order valence-electron chi connectivity index (χ1n) is 9.48. The standard InChI is InChI=1S/C23H20I2N2O4/c24-19-13-26(14-20(25)23(19)30)15-22(29)31-16-21(28)27(11-17-7-3-1-4-8-17)12-18-9-5-2-6-10-18/h1-10,13-14H,11-12,15-16H2. The summed E-state index contributed by atoms with van der Waals surface area (Å²) in [6.07, 6.45) is 3.18. The topological polar surface area (TPSA) is 68.6 Å². The summed E-state index contributed by atoms with van der Waals surface area (Å²) in [5.41, 5.74) is 1.92. The SMILES string of the molecule is O=C(Cn1cc(I)c(=O)c(I)c1)OCC(=O)N(Cc1ccccc1)Cc1ccccc1. The summed E-state index contributed by atoms with van der Waals surface area (Å²) >= 11 is 3.87. The third kappa shape index (κ3) is 7.17. The number of hydrogen-bond acceptors (Lipinski definition) is 4. The van der Waals surface area contributed by atoms with Gasteiger partial charge >= 0.3 is 5.97 Å². The van der Waals surface area contributed by atoms with Gasteiger partial charge in [0.2, 0.25) is 5.43 Å². The molecule has 160 valence electrons. The molecular formula is C23H20I2N2O4. The Morgan fingerprint density at radius 1 is 0.839 bits per heavy atom. The van der Waals surface area contributed by atoms with Crippen LogP contribution in [0.25, 0.3) is 0 Å². The number of hydrogen-bond donors (Lipinski definition) is 0. The van der Waals surface area contributed by atoms with Crippen molar-refractivity contribution in [2.75, 3.05) is 6.61 Å². The van der Waals surface area contributed by atoms with Crippen molar-refractivity contribution >= 4 is 57.1 Å². The molecule has 1 heterocycles. The van der Waals surface area contributed by atoms with Crippen LogP contribution in [0.15, 0.2) is 77.9 Å². The van der Waals surface area contributed by atoms with Crippen molar-refractivity contribution in [3.05, 3.63) is 102 Å². The van der Waals surface area contributed by atoms with Crippen molar-refractivity contribution < 1.29 is 14.3 Å². The van der Waals surface area contributed by atoms with Gasteiger partial charge in [0, 0.05) is 25.5 Å². The van der Waals surface area contributed by atoms with Crippen molar-refractivity contribution in [3.63, 3.8) is 0 Å². The van der Waals surface area contributed by atoms with Crippen LogP contribution in [0.1, 0.15) is 11.1 Å². The molecule has 3 rings (SSSR count). The molecule has 0 N–H and O–H groups in total. The lowest BCUT2D eigenvalue weighted by Crippen LogP contribution is -2.34. The van der Waals surface area contributed by atoms with Crippen molar-refractivity contribution in [1.29, 1.82) is 0 Å². The smallest absolute Gasteiger partial charge is 0.326 e. The molecule has 0 aliphatic rings. The highest BCUT2D eigenvalue weighted by Crippen LogP contribution is 2.11. The number of carbonyl (C=O) groups excluding carboxylic acids is 2. The van der Waals surface area contributed by atoms with Crippen LogP contribution in [0, 0.1) is 7.14 Å². The van der Waals surface area contributed by atoms with E-state index >= 15 is 0 Å². The molecule has 0 unspecified atom stereocenters. The van der Waals surface area contributed by atoms with Gasteiger partial charge < -0.3 is 14.2 Å². The lowest BCUT2D eigenvalue weighted by atomic mass is 10.1. The van der Waals surface area contributed by atoms with Crippen LogP contribution in [0.4, 0.5) is 0 Å². The number of rotatable bonds is 8. The largest absolute Gasteiger partial charge is 0.454 e. The number of esters is 1. The molecule has 0 aliphatic heterocycles. The summed E-state index contributed by atoms with van der Waals surface area (Å²) in [5, 5.41) is 0. The second-order valence-corrected chi connectivity index (χ2v) is 9.16. The van der Waals surface area contributed by atoms with Crippen LogP contribution in [0.5, 0.6) is 0 Å². The number of amides is 1. The fourth-order valence-corrected chi connectivity index (χ4v) is 4.73. The van der Waals surface area contributed by atoms with E-state index in [0.717, 1.165) is 11.1 Å². The molecule has 2 aromatic carbocycles. The normalized spacial score (nSPS) is 10.5. The third-order valence-corrected chi connectivity index (χ3v) is 5.98. The molecule has 8 heteroatoms. The zero-order valence-corrected chi connectivity index (χ0v) is 20.9. The number of benzene rings is 2. The maximum atomic E-state index is 12.9. The Morgan fingerprint density at radius 2 is 1.32 bits per heavy atom. The zero-order valence-electron chi connectivity index (χ0n) is 16.5. The molecule has 0 saturated heterocycles. The fourth-order valence-electron chi connectivity index (χ4n) is 2.92. The highest BCUT2D eigenvalue weighted by molar-refractivity contribution is 14.1. The maximum absolute atomic E-state index is 12.9. The van der Waals surface area contributed by atoms with E-state index in [0.29, 0.717) is 20.2 Å². The van der Waals surface area contributed by atoms with Gasteiger partial charge in [0.05, 0.1) is 7.14 Å². The monoisotopic (exact) mass is 642 g/mol. The Balaban J connectivity index is 1.63. The average Bonchev–Trinajstić information content (AvgIpc) is 2.77. The Labute approximate surface area is 207 Å². The van der Waals surface area contributed by atoms with Gasteiger partial charge in [-0.2, -0.15) is 0 Å². The van der Waals surface area contributed by atoms with Gasteiger partial charge in [-0.05, 0) is 56.3 Å². The van der Waals surface area contributed by atoms with Crippen LogP contribution in [0.3, 0.4) is 0 Å². The van der Waals surface area contributed by atoms with E-state index in [4.69, 9.17) is 4.74 Å². The van der Waals surface area contributed by atoms with Crippen LogP contribution in [0.2, 0.25) is 0 Å². The predicted octanol–water partition coefficient (Wildman–Crippen LogP) is 3.83. The molecule has 0 bridgehead atoms. The zero-order chi connectivity index (χ0) is 22.2. The summed E-state index contributed by atoms with van der Waals surface area (Å²) < 4.78 is 7.86. The van der Waals surface area contributed by atoms with Crippen LogP contribution in [-0.2, 0) is 34.0 Å². The first-order chi connectivity index (χ1) is 14.9. The summed E-state index contributed by atoms with van der Waals surface area (Å²) in [6.45, 7) is 0.425. The fraction of sp³-hybridized carbons (Fsp3) is 0.174. The number of pyridine rings is 1. The van der Waals surface area contributed by atoms with E-state index in [2.05, 4.69) is 0 Å². The van der Waals surface area contributed by atoms with Gasteiger partial charge in [0.25, 0.3) is 5.91 Å². The number of nitrogens with zero attached hydrogens (tertiary/aromatic N) is 2. The van der Waals surface area contributed by atoms with Gasteiger partial charge in [-0.3, -0.25) is 14.4 Å². The minimum atomic E-state index is -0.539. The molecule has 0 atom stereocenters. The van der Waals surface area contributed by atoms with Crippen LogP contribution < -0.4 is 5.43 Å². The molecular weight excluding hydrogens is 622 g/mol. The van der Waals surface area contributed by atoms with Gasteiger partial charge in [0.1, 0.15) is 6.54 Å². The maximum Gasteiger partial charge on any atom is 0.326 e. The number of carbonyl (C=O) groups is 2. The molecule has 0 spiro atoms. The molecule has 1 aromatic heterocycles. The van der Waals surface area contributed by atoms with Crippen LogP contribution >= 0.6 is 45.2 Å². The molecule has 0 aliphatic carbocycles. The Hall–Kier alpha value is -2.21. The molecule has 3 aromatic rings. The highest BCUT2D eigenvalue weighted by Gasteiger charge is 2.17. The van der Waals surface area contributed by atoms with Gasteiger partial charge in [-0.1, -0.05) is 60.7 Å². The second-order valence-electron chi connectivity index (χ2n) is 6.84. The van der Waals surface area contributed by atoms with E-state index in [1.165, 1.54) is 0 Å². The molecule has 1 amide bonds. The Kier molecular flexibility index (Phi) is 8.64. The summed E-state index contributed by atoms with van der Waals surface area (Å²) in [4.78, 5) is 38.6. The Bertz CT molecular complexity index is 1030. The average molecular weight is 642 g/mol. The highest BCUT2D eigenvalue weighted by atomic mass is 127. The van der Waals surface area contributed by atoms with Crippen LogP contribution in [-0.4, -0.2) is 28.0 Å². The second kappa shape index (κ2) is 11.4. The minimum Gasteiger partial charge on any atom is -0.454 e. The van der Waals surface area contributed by atoms with Gasteiger partial charge in [-0.25, -0.2) is 0 Å². The first-order valence-corrected chi connectivity index (χ1v) is 11.6. The van der Waals surface area contributed by atoms with Gasteiger partial charge in [0.15, 0.2) is 6.61 Å². The Morgan fingerprint density at radius 3 is 1.81 bits per heavy atom. The lowest BCUT2D eigenvalue weighted by molar-refractivity contribution is -0.153. The number of halogens is 2. The van der Waals surface area contributed by atoms with Gasteiger partial charge in [-0.15, -0.1) is 0 Å². The first kappa shape index (κ1) is 23.5. The van der Waals surface area contributed by atoms with Crippen molar-refractivity contribution in [2.45, 2.75) is 19.6 Å². The van der Waals surface area contributed by atoms with E-state index in [1.807, 2.05) is 106 Å². The molecule has 0 saturated carbocycles. The summed E-state index contributed by atoms with van der Waals surface area (Å²) in [7, 11) is 0. The number of aromatic nitrogens is 1. The summed E-state index contributed by atoms with van der Waals surface area (Å²) in [6, 6.07) is 19.4. The molecule has 0 fully saturated rings. The number of ether oxygens (including phenoxy) is 1. The molecule has 6 nitrogen and oxygen atoms in total. The van der Waals surface area contributed by atoms with Crippen molar-refractivity contribution in [1.82, 2.24) is 9.47 Å².